The van der Waals surface area contributed by atoms with Gasteiger partial charge in [0.25, 0.3) is 5.56 Å². The molecule has 1 atom stereocenters. The van der Waals surface area contributed by atoms with E-state index in [1.54, 1.807) is 23.2 Å². The zero-order valence-corrected chi connectivity index (χ0v) is 16.3. The van der Waals surface area contributed by atoms with E-state index < -0.39 is 5.60 Å². The summed E-state index contributed by atoms with van der Waals surface area (Å²) >= 11 is 0. The Morgan fingerprint density at radius 1 is 1.30 bits per heavy atom. The number of hydrogen-bond donors (Lipinski definition) is 0. The van der Waals surface area contributed by atoms with E-state index in [1.165, 1.54) is 18.9 Å². The highest BCUT2D eigenvalue weighted by molar-refractivity contribution is 5.85. The zero-order chi connectivity index (χ0) is 19.8. The van der Waals surface area contributed by atoms with E-state index in [4.69, 9.17) is 14.2 Å². The molecule has 1 saturated heterocycles. The number of methoxy groups -OCH3 is 2. The van der Waals surface area contributed by atoms with Crippen LogP contribution in [0.1, 0.15) is 20.8 Å². The monoisotopic (exact) mass is 375 g/mol. The number of nitrogens with zero attached hydrogens (tertiary/aromatic N) is 3. The molecular formula is C19H25N3O5. The molecule has 3 rings (SSSR count). The van der Waals surface area contributed by atoms with Gasteiger partial charge >= 0.3 is 0 Å². The Morgan fingerprint density at radius 3 is 2.59 bits per heavy atom. The molecule has 1 amide bonds. The van der Waals surface area contributed by atoms with Crippen molar-refractivity contribution >= 4 is 16.7 Å². The molecule has 1 aromatic heterocycles. The van der Waals surface area contributed by atoms with Crippen molar-refractivity contribution in [1.82, 2.24) is 14.7 Å². The topological polar surface area (TPSA) is 82.9 Å². The lowest BCUT2D eigenvalue weighted by Gasteiger charge is -2.41. The van der Waals surface area contributed by atoms with Crippen LogP contribution in [0.25, 0.3) is 10.8 Å². The van der Waals surface area contributed by atoms with E-state index in [0.29, 0.717) is 35.4 Å². The van der Waals surface area contributed by atoms with Crippen LogP contribution in [-0.2, 0) is 16.1 Å². The van der Waals surface area contributed by atoms with Gasteiger partial charge < -0.3 is 19.1 Å². The van der Waals surface area contributed by atoms with Crippen molar-refractivity contribution in [3.8, 4) is 11.5 Å². The number of hydrogen-bond acceptors (Lipinski definition) is 6. The van der Waals surface area contributed by atoms with Gasteiger partial charge in [-0.3, -0.25) is 9.59 Å². The van der Waals surface area contributed by atoms with Crippen LogP contribution in [0.2, 0.25) is 0 Å². The fourth-order valence-electron chi connectivity index (χ4n) is 3.49. The third-order valence-corrected chi connectivity index (χ3v) is 4.56. The van der Waals surface area contributed by atoms with E-state index in [-0.39, 0.29) is 24.1 Å². The Labute approximate surface area is 157 Å². The molecule has 1 unspecified atom stereocenters. The van der Waals surface area contributed by atoms with Crippen molar-refractivity contribution in [1.29, 1.82) is 0 Å². The maximum absolute atomic E-state index is 12.8. The Bertz CT molecular complexity index is 921. The van der Waals surface area contributed by atoms with Crippen LogP contribution in [0.3, 0.4) is 0 Å². The number of ether oxygens (including phenoxy) is 3. The van der Waals surface area contributed by atoms with Crippen LogP contribution in [-0.4, -0.2) is 59.6 Å². The van der Waals surface area contributed by atoms with Crippen molar-refractivity contribution in [2.24, 2.45) is 0 Å². The van der Waals surface area contributed by atoms with Crippen LogP contribution in [0.5, 0.6) is 11.5 Å². The fraction of sp³-hybridized carbons (Fsp3) is 0.526. The summed E-state index contributed by atoms with van der Waals surface area (Å²) in [5.74, 6) is 0.812. The number of carbonyl (C=O) groups excluding carboxylic acids is 1. The molecule has 2 heterocycles. The number of fused-ring (bicyclic) bond motifs is 1. The summed E-state index contributed by atoms with van der Waals surface area (Å²) in [5.41, 5.74) is -0.763. The first-order valence-corrected chi connectivity index (χ1v) is 8.81. The first-order valence-electron chi connectivity index (χ1n) is 8.81. The van der Waals surface area contributed by atoms with Crippen molar-refractivity contribution in [3.63, 3.8) is 0 Å². The first kappa shape index (κ1) is 19.2. The van der Waals surface area contributed by atoms with Gasteiger partial charge in [-0.2, -0.15) is 5.10 Å². The van der Waals surface area contributed by atoms with Crippen molar-refractivity contribution < 1.29 is 19.0 Å². The second-order valence-corrected chi connectivity index (χ2v) is 7.36. The molecule has 1 fully saturated rings. The molecule has 0 radical (unpaired) electrons. The largest absolute Gasteiger partial charge is 0.493 e. The van der Waals surface area contributed by atoms with E-state index in [2.05, 4.69) is 5.10 Å². The Balaban J connectivity index is 1.90. The average Bonchev–Trinajstić information content (AvgIpc) is 2.61. The van der Waals surface area contributed by atoms with Gasteiger partial charge in [0.05, 0.1) is 37.5 Å². The standard InChI is InChI=1S/C19H25N3O5/c1-12-9-21(11-19(2,3)27-12)17(23)10-22-18(24)14-7-16(26-5)15(25-4)6-13(14)8-20-22/h6-8,12H,9-11H2,1-5H3. The van der Waals surface area contributed by atoms with Crippen LogP contribution in [0, 0.1) is 0 Å². The van der Waals surface area contributed by atoms with Gasteiger partial charge in [-0.1, -0.05) is 0 Å². The molecule has 1 aliphatic rings. The van der Waals surface area contributed by atoms with Crippen molar-refractivity contribution in [2.75, 3.05) is 27.3 Å². The molecule has 0 spiro atoms. The number of amides is 1. The van der Waals surface area contributed by atoms with Gasteiger partial charge in [-0.25, -0.2) is 4.68 Å². The lowest BCUT2D eigenvalue weighted by molar-refractivity contribution is -0.158. The second kappa shape index (κ2) is 7.19. The molecule has 8 nitrogen and oxygen atoms in total. The summed E-state index contributed by atoms with van der Waals surface area (Å²) in [6, 6.07) is 3.31. The third kappa shape index (κ3) is 3.90. The number of benzene rings is 1. The van der Waals surface area contributed by atoms with Crippen LogP contribution < -0.4 is 15.0 Å². The minimum absolute atomic E-state index is 0.0595. The van der Waals surface area contributed by atoms with Gasteiger partial charge in [-0.05, 0) is 32.9 Å². The molecule has 8 heteroatoms. The molecular weight excluding hydrogens is 350 g/mol. The Hall–Kier alpha value is -2.61. The number of rotatable bonds is 4. The maximum Gasteiger partial charge on any atom is 0.275 e. The predicted octanol–water partition coefficient (Wildman–Crippen LogP) is 1.44. The van der Waals surface area contributed by atoms with E-state index in [0.717, 1.165) is 0 Å². The highest BCUT2D eigenvalue weighted by Gasteiger charge is 2.33. The molecule has 0 saturated carbocycles. The Morgan fingerprint density at radius 2 is 1.96 bits per heavy atom. The molecule has 2 aromatic rings. The molecule has 0 N–H and O–H groups in total. The zero-order valence-electron chi connectivity index (χ0n) is 16.3. The fourth-order valence-corrected chi connectivity index (χ4v) is 3.49. The SMILES string of the molecule is COc1cc2cnn(CC(=O)N3CC(C)OC(C)(C)C3)c(=O)c2cc1OC. The van der Waals surface area contributed by atoms with E-state index in [1.807, 2.05) is 20.8 Å². The molecule has 0 bridgehead atoms. The van der Waals surface area contributed by atoms with Crippen LogP contribution in [0.4, 0.5) is 0 Å². The summed E-state index contributed by atoms with van der Waals surface area (Å²) in [5, 5.41) is 5.21. The van der Waals surface area contributed by atoms with Gasteiger partial charge in [-0.15, -0.1) is 0 Å². The van der Waals surface area contributed by atoms with Gasteiger partial charge in [0, 0.05) is 18.5 Å². The second-order valence-electron chi connectivity index (χ2n) is 7.36. The van der Waals surface area contributed by atoms with E-state index in [9.17, 15) is 9.59 Å². The highest BCUT2D eigenvalue weighted by Crippen LogP contribution is 2.30. The summed E-state index contributed by atoms with van der Waals surface area (Å²) in [4.78, 5) is 27.3. The molecule has 1 aliphatic heterocycles. The summed E-state index contributed by atoms with van der Waals surface area (Å²) in [6.45, 7) is 6.68. The van der Waals surface area contributed by atoms with Crippen molar-refractivity contribution in [2.45, 2.75) is 39.0 Å². The Kier molecular flexibility index (Phi) is 5.10. The highest BCUT2D eigenvalue weighted by atomic mass is 16.5. The quantitative estimate of drug-likeness (QED) is 0.804. The number of morpholine rings is 1. The average molecular weight is 375 g/mol. The number of aromatic nitrogens is 2. The molecule has 0 aliphatic carbocycles. The summed E-state index contributed by atoms with van der Waals surface area (Å²) < 4.78 is 17.5. The summed E-state index contributed by atoms with van der Waals surface area (Å²) in [7, 11) is 3.04. The minimum atomic E-state index is -0.418. The maximum atomic E-state index is 12.8. The van der Waals surface area contributed by atoms with Crippen LogP contribution >= 0.6 is 0 Å². The molecule has 1 aromatic carbocycles. The molecule has 146 valence electrons. The van der Waals surface area contributed by atoms with Gasteiger partial charge in [0.1, 0.15) is 6.54 Å². The van der Waals surface area contributed by atoms with Crippen molar-refractivity contribution in [3.05, 3.63) is 28.7 Å². The lowest BCUT2D eigenvalue weighted by Crippen LogP contribution is -2.54. The van der Waals surface area contributed by atoms with Gasteiger partial charge in [0.15, 0.2) is 11.5 Å². The minimum Gasteiger partial charge on any atom is -0.493 e. The predicted molar refractivity (Wildman–Crippen MR) is 100 cm³/mol. The summed E-state index contributed by atoms with van der Waals surface area (Å²) in [6.07, 6.45) is 1.49. The lowest BCUT2D eigenvalue weighted by atomic mass is 10.1. The first-order chi connectivity index (χ1) is 12.7. The van der Waals surface area contributed by atoms with E-state index >= 15 is 0 Å². The number of carbonyl (C=O) groups is 1. The smallest absolute Gasteiger partial charge is 0.275 e. The van der Waals surface area contributed by atoms with Gasteiger partial charge in [0.2, 0.25) is 5.91 Å². The molecule has 27 heavy (non-hydrogen) atoms. The normalized spacial score (nSPS) is 19.1. The third-order valence-electron chi connectivity index (χ3n) is 4.56. The van der Waals surface area contributed by atoms with Crippen LogP contribution in [0.15, 0.2) is 23.1 Å².